The maximum Gasteiger partial charge on any atom is 0.224 e. The van der Waals surface area contributed by atoms with Gasteiger partial charge < -0.3 is 15.4 Å². The van der Waals surface area contributed by atoms with E-state index in [1.54, 1.807) is 18.1 Å². The van der Waals surface area contributed by atoms with Crippen molar-refractivity contribution in [2.24, 2.45) is 5.73 Å². The number of halogens is 1. The van der Waals surface area contributed by atoms with E-state index in [1.807, 2.05) is 31.2 Å². The van der Waals surface area contributed by atoms with Crippen LogP contribution in [-0.4, -0.2) is 30.5 Å². The summed E-state index contributed by atoms with van der Waals surface area (Å²) in [5.41, 5.74) is 6.72. The molecular formula is C15H23ClN2O2. The normalized spacial score (nSPS) is 11.2. The predicted molar refractivity (Wildman–Crippen MR) is 84.1 cm³/mol. The van der Waals surface area contributed by atoms with Crippen molar-refractivity contribution in [3.63, 3.8) is 0 Å². The Hall–Kier alpha value is -1.52. The minimum absolute atomic E-state index is 0. The second-order valence-corrected chi connectivity index (χ2v) is 4.59. The SMILES string of the molecule is C=CCN(Cc1ccc(OC)cc1)C(=O)CC(C)N.Cl. The summed E-state index contributed by atoms with van der Waals surface area (Å²) in [6.45, 7) is 6.60. The molecule has 1 amide bonds. The lowest BCUT2D eigenvalue weighted by Gasteiger charge is -2.22. The van der Waals surface area contributed by atoms with E-state index in [1.165, 1.54) is 0 Å². The first-order valence-electron chi connectivity index (χ1n) is 6.34. The van der Waals surface area contributed by atoms with Crippen molar-refractivity contribution < 1.29 is 9.53 Å². The second-order valence-electron chi connectivity index (χ2n) is 4.59. The number of rotatable bonds is 7. The van der Waals surface area contributed by atoms with Crippen LogP contribution in [0.1, 0.15) is 18.9 Å². The van der Waals surface area contributed by atoms with E-state index in [0.29, 0.717) is 19.5 Å². The van der Waals surface area contributed by atoms with Crippen LogP contribution in [0.2, 0.25) is 0 Å². The summed E-state index contributed by atoms with van der Waals surface area (Å²) in [6, 6.07) is 7.55. The van der Waals surface area contributed by atoms with Gasteiger partial charge in [-0.2, -0.15) is 0 Å². The minimum atomic E-state index is -0.129. The molecule has 0 saturated heterocycles. The Balaban J connectivity index is 0.00000361. The van der Waals surface area contributed by atoms with E-state index in [2.05, 4.69) is 6.58 Å². The summed E-state index contributed by atoms with van der Waals surface area (Å²) >= 11 is 0. The lowest BCUT2D eigenvalue weighted by Crippen LogP contribution is -2.34. The molecule has 0 aromatic heterocycles. The van der Waals surface area contributed by atoms with Gasteiger partial charge in [-0.1, -0.05) is 18.2 Å². The molecule has 0 aliphatic carbocycles. The van der Waals surface area contributed by atoms with Gasteiger partial charge in [0.25, 0.3) is 0 Å². The van der Waals surface area contributed by atoms with E-state index in [4.69, 9.17) is 10.5 Å². The number of carbonyl (C=O) groups is 1. The van der Waals surface area contributed by atoms with Gasteiger partial charge in [0.2, 0.25) is 5.91 Å². The van der Waals surface area contributed by atoms with Crippen LogP contribution in [0.5, 0.6) is 5.75 Å². The molecule has 0 aliphatic rings. The predicted octanol–water partition coefficient (Wildman–Crippen LogP) is 2.37. The van der Waals surface area contributed by atoms with Gasteiger partial charge in [0.05, 0.1) is 7.11 Å². The van der Waals surface area contributed by atoms with Crippen molar-refractivity contribution in [3.8, 4) is 5.75 Å². The highest BCUT2D eigenvalue weighted by Crippen LogP contribution is 2.13. The van der Waals surface area contributed by atoms with Gasteiger partial charge in [-0.05, 0) is 24.6 Å². The highest BCUT2D eigenvalue weighted by molar-refractivity contribution is 5.85. The summed E-state index contributed by atoms with van der Waals surface area (Å²) < 4.78 is 5.11. The maximum absolute atomic E-state index is 12.0. The zero-order chi connectivity index (χ0) is 14.3. The fourth-order valence-corrected chi connectivity index (χ4v) is 1.77. The summed E-state index contributed by atoms with van der Waals surface area (Å²) in [7, 11) is 1.63. The Bertz CT molecular complexity index is 418. The van der Waals surface area contributed by atoms with Crippen LogP contribution >= 0.6 is 12.4 Å². The first-order chi connectivity index (χ1) is 9.06. The van der Waals surface area contributed by atoms with Gasteiger partial charge in [-0.3, -0.25) is 4.79 Å². The van der Waals surface area contributed by atoms with Crippen LogP contribution in [0.15, 0.2) is 36.9 Å². The summed E-state index contributed by atoms with van der Waals surface area (Å²) in [5.74, 6) is 0.853. The third-order valence-corrected chi connectivity index (χ3v) is 2.73. The maximum atomic E-state index is 12.0. The fraction of sp³-hybridized carbons (Fsp3) is 0.400. The monoisotopic (exact) mass is 298 g/mol. The average Bonchev–Trinajstić information content (AvgIpc) is 2.38. The number of methoxy groups -OCH3 is 1. The molecule has 1 aromatic carbocycles. The number of carbonyl (C=O) groups excluding carboxylic acids is 1. The topological polar surface area (TPSA) is 55.6 Å². The summed E-state index contributed by atoms with van der Waals surface area (Å²) in [5, 5.41) is 0. The summed E-state index contributed by atoms with van der Waals surface area (Å²) in [6.07, 6.45) is 2.08. The fourth-order valence-electron chi connectivity index (χ4n) is 1.77. The number of nitrogens with zero attached hydrogens (tertiary/aromatic N) is 1. The molecule has 1 aromatic rings. The quantitative estimate of drug-likeness (QED) is 0.786. The van der Waals surface area contributed by atoms with Crippen LogP contribution in [0.3, 0.4) is 0 Å². The largest absolute Gasteiger partial charge is 0.497 e. The van der Waals surface area contributed by atoms with Gasteiger partial charge >= 0.3 is 0 Å². The molecule has 1 rings (SSSR count). The molecule has 20 heavy (non-hydrogen) atoms. The van der Waals surface area contributed by atoms with Crippen LogP contribution in [-0.2, 0) is 11.3 Å². The molecule has 0 fully saturated rings. The van der Waals surface area contributed by atoms with Gasteiger partial charge in [-0.25, -0.2) is 0 Å². The van der Waals surface area contributed by atoms with Crippen molar-refractivity contribution in [3.05, 3.63) is 42.5 Å². The number of ether oxygens (including phenoxy) is 1. The molecule has 1 unspecified atom stereocenters. The van der Waals surface area contributed by atoms with Gasteiger partial charge in [0.15, 0.2) is 0 Å². The number of nitrogens with two attached hydrogens (primary N) is 1. The lowest BCUT2D eigenvalue weighted by atomic mass is 10.1. The van der Waals surface area contributed by atoms with Crippen LogP contribution in [0.25, 0.3) is 0 Å². The number of amides is 1. The Morgan fingerprint density at radius 1 is 1.45 bits per heavy atom. The Morgan fingerprint density at radius 2 is 2.05 bits per heavy atom. The third kappa shape index (κ3) is 6.08. The van der Waals surface area contributed by atoms with E-state index in [9.17, 15) is 4.79 Å². The molecule has 4 nitrogen and oxygen atoms in total. The van der Waals surface area contributed by atoms with Gasteiger partial charge in [-0.15, -0.1) is 19.0 Å². The van der Waals surface area contributed by atoms with Gasteiger partial charge in [0, 0.05) is 25.6 Å². The standard InChI is InChI=1S/C15H22N2O2.ClH/c1-4-9-17(15(18)10-12(2)16)11-13-5-7-14(19-3)8-6-13;/h4-8,12H,1,9-11,16H2,2-3H3;1H. The lowest BCUT2D eigenvalue weighted by molar-refractivity contribution is -0.131. The van der Waals surface area contributed by atoms with Crippen LogP contribution in [0.4, 0.5) is 0 Å². The Morgan fingerprint density at radius 3 is 2.50 bits per heavy atom. The minimum Gasteiger partial charge on any atom is -0.497 e. The molecule has 0 bridgehead atoms. The smallest absolute Gasteiger partial charge is 0.224 e. The zero-order valence-electron chi connectivity index (χ0n) is 12.0. The molecule has 1 atom stereocenters. The highest BCUT2D eigenvalue weighted by atomic mass is 35.5. The van der Waals surface area contributed by atoms with E-state index in [-0.39, 0.29) is 24.4 Å². The first-order valence-corrected chi connectivity index (χ1v) is 6.34. The van der Waals surface area contributed by atoms with Crippen molar-refractivity contribution in [1.82, 2.24) is 4.90 Å². The van der Waals surface area contributed by atoms with E-state index in [0.717, 1.165) is 11.3 Å². The van der Waals surface area contributed by atoms with Crippen LogP contribution in [0, 0.1) is 0 Å². The molecule has 0 spiro atoms. The van der Waals surface area contributed by atoms with Crippen molar-refractivity contribution in [1.29, 1.82) is 0 Å². The van der Waals surface area contributed by atoms with Crippen molar-refractivity contribution in [2.75, 3.05) is 13.7 Å². The molecule has 0 saturated carbocycles. The van der Waals surface area contributed by atoms with Gasteiger partial charge in [0.1, 0.15) is 5.75 Å². The average molecular weight is 299 g/mol. The number of hydrogen-bond acceptors (Lipinski definition) is 3. The molecule has 2 N–H and O–H groups in total. The summed E-state index contributed by atoms with van der Waals surface area (Å²) in [4.78, 5) is 13.8. The Labute approximate surface area is 127 Å². The second kappa shape index (κ2) is 9.39. The Kier molecular flexibility index (Phi) is 8.68. The van der Waals surface area contributed by atoms with Crippen molar-refractivity contribution >= 4 is 18.3 Å². The molecule has 5 heteroatoms. The molecule has 112 valence electrons. The molecular weight excluding hydrogens is 276 g/mol. The molecule has 0 radical (unpaired) electrons. The number of benzene rings is 1. The van der Waals surface area contributed by atoms with Crippen LogP contribution < -0.4 is 10.5 Å². The number of hydrogen-bond donors (Lipinski definition) is 1. The van der Waals surface area contributed by atoms with E-state index < -0.39 is 0 Å². The highest BCUT2D eigenvalue weighted by Gasteiger charge is 2.14. The first kappa shape index (κ1) is 18.5. The molecule has 0 aliphatic heterocycles. The van der Waals surface area contributed by atoms with Crippen molar-refractivity contribution in [2.45, 2.75) is 25.9 Å². The zero-order valence-corrected chi connectivity index (χ0v) is 12.9. The third-order valence-electron chi connectivity index (χ3n) is 2.73. The molecule has 0 heterocycles. The van der Waals surface area contributed by atoms with E-state index >= 15 is 0 Å².